The zero-order chi connectivity index (χ0) is 25.3. The van der Waals surface area contributed by atoms with Gasteiger partial charge in [-0.15, -0.1) is 11.8 Å². The Balaban J connectivity index is 1.72. The molecule has 0 radical (unpaired) electrons. The van der Waals surface area contributed by atoms with E-state index in [1.165, 1.54) is 31.2 Å². The highest BCUT2D eigenvalue weighted by Crippen LogP contribution is 2.51. The first kappa shape index (κ1) is 25.4. The van der Waals surface area contributed by atoms with Crippen LogP contribution in [0.15, 0.2) is 34.9 Å². The van der Waals surface area contributed by atoms with E-state index >= 15 is 0 Å². The van der Waals surface area contributed by atoms with Crippen molar-refractivity contribution in [1.82, 2.24) is 4.90 Å². The predicted molar refractivity (Wildman–Crippen MR) is 122 cm³/mol. The largest absolute Gasteiger partial charge is 0.478 e. The number of carbonyl (C=O) groups excluding carboxylic acids is 3. The van der Waals surface area contributed by atoms with E-state index < -0.39 is 59.0 Å². The topological polar surface area (TPSA) is 187 Å². The highest BCUT2D eigenvalue weighted by atomic mass is 32.2. The third-order valence-corrected chi connectivity index (χ3v) is 7.37. The summed E-state index contributed by atoms with van der Waals surface area (Å²) in [4.78, 5) is 61.1. The number of aromatic carboxylic acids is 1. The third-order valence-electron chi connectivity index (χ3n) is 5.94. The Hall–Kier alpha value is -3.22. The highest BCUT2D eigenvalue weighted by Gasteiger charge is 2.60. The third kappa shape index (κ3) is 4.69. The van der Waals surface area contributed by atoms with Gasteiger partial charge in [0.05, 0.1) is 34.9 Å². The number of nitrogens with two attached hydrogens (primary N) is 1. The van der Waals surface area contributed by atoms with E-state index in [1.54, 1.807) is 6.92 Å². The van der Waals surface area contributed by atoms with Gasteiger partial charge in [0.15, 0.2) is 0 Å². The van der Waals surface area contributed by atoms with Crippen LogP contribution in [0.2, 0.25) is 0 Å². The molecule has 0 aromatic heterocycles. The molecule has 182 valence electrons. The summed E-state index contributed by atoms with van der Waals surface area (Å²) in [5.41, 5.74) is 5.94. The first-order valence-electron chi connectivity index (χ1n) is 10.5. The van der Waals surface area contributed by atoms with E-state index in [1.807, 2.05) is 0 Å². The van der Waals surface area contributed by atoms with Crippen molar-refractivity contribution < 1.29 is 39.3 Å². The van der Waals surface area contributed by atoms with Gasteiger partial charge >= 0.3 is 11.9 Å². The minimum Gasteiger partial charge on any atom is -0.478 e. The van der Waals surface area contributed by atoms with E-state index in [4.69, 9.17) is 10.8 Å². The average Bonchev–Trinajstić information content (AvgIpc) is 3.01. The molecule has 2 heterocycles. The molecule has 0 saturated carbocycles. The second-order valence-corrected chi connectivity index (χ2v) is 9.56. The molecule has 6 N–H and O–H groups in total. The summed E-state index contributed by atoms with van der Waals surface area (Å²) in [6.07, 6.45) is -0.514. The van der Waals surface area contributed by atoms with Crippen molar-refractivity contribution in [3.8, 4) is 0 Å². The van der Waals surface area contributed by atoms with Gasteiger partial charge in [0.1, 0.15) is 12.0 Å². The number of fused-ring (bicyclic) bond motifs is 1. The van der Waals surface area contributed by atoms with Gasteiger partial charge in [0, 0.05) is 16.5 Å². The summed E-state index contributed by atoms with van der Waals surface area (Å²) < 4.78 is 0. The van der Waals surface area contributed by atoms with Crippen LogP contribution in [0.3, 0.4) is 0 Å². The van der Waals surface area contributed by atoms with Crippen LogP contribution in [0.5, 0.6) is 0 Å². The maximum Gasteiger partial charge on any atom is 0.353 e. The summed E-state index contributed by atoms with van der Waals surface area (Å²) in [5.74, 6) is -4.77. The zero-order valence-electron chi connectivity index (χ0n) is 18.4. The molecule has 2 aliphatic heterocycles. The number of β-lactam (4-membered cyclic amide) rings is 1. The molecule has 34 heavy (non-hydrogen) atoms. The molecule has 0 bridgehead atoms. The Bertz CT molecular complexity index is 1070. The molecule has 1 fully saturated rings. The maximum absolute atomic E-state index is 12.5. The van der Waals surface area contributed by atoms with Crippen molar-refractivity contribution in [1.29, 1.82) is 0 Å². The van der Waals surface area contributed by atoms with Gasteiger partial charge in [-0.3, -0.25) is 9.59 Å². The second-order valence-electron chi connectivity index (χ2n) is 8.28. The van der Waals surface area contributed by atoms with E-state index in [2.05, 4.69) is 5.32 Å². The number of carbonyl (C=O) groups is 5. The van der Waals surface area contributed by atoms with Crippen LogP contribution < -0.4 is 11.1 Å². The number of amides is 2. The molecule has 2 aliphatic rings. The Labute approximate surface area is 199 Å². The molecular weight excluding hydrogens is 466 g/mol. The molecule has 0 unspecified atom stereocenters. The number of rotatable bonds is 10. The number of hydrogen-bond acceptors (Lipinski definition) is 8. The minimum atomic E-state index is -1.32. The Morgan fingerprint density at radius 3 is 2.50 bits per heavy atom. The minimum absolute atomic E-state index is 0.0225. The van der Waals surface area contributed by atoms with Gasteiger partial charge < -0.3 is 36.1 Å². The number of hydrogen-bond donors (Lipinski definition) is 5. The van der Waals surface area contributed by atoms with Crippen LogP contribution in [0.1, 0.15) is 30.6 Å². The smallest absolute Gasteiger partial charge is 0.353 e. The van der Waals surface area contributed by atoms with Gasteiger partial charge in [0.25, 0.3) is 0 Å². The first-order chi connectivity index (χ1) is 16.0. The predicted octanol–water partition coefficient (Wildman–Crippen LogP) is 0.495. The fourth-order valence-corrected chi connectivity index (χ4v) is 5.63. The molecule has 0 spiro atoms. The number of aldehydes is 1. The van der Waals surface area contributed by atoms with Crippen molar-refractivity contribution in [3.05, 3.63) is 40.4 Å². The number of nitrogens with one attached hydrogen (secondary N) is 1. The number of aliphatic carboxylic acids is 1. The standard InChI is InChI=1S/C22H25N3O8S/c1-9-16-15(10(2)27)20(29)25(16)17(22(32)33)18(9)34-13(8-26)7-14(23)19(28)24-12-5-3-4-11(6-12)21(30)31/h3-6,8-10,13-16,27H,7,23H2,1-2H3,(H,24,28)(H,30,31)(H,32,33)/t9-,10-,13+,14+,15-,16-/m1/s1. The number of anilines is 1. The van der Waals surface area contributed by atoms with Gasteiger partial charge in [-0.1, -0.05) is 13.0 Å². The van der Waals surface area contributed by atoms with E-state index in [-0.39, 0.29) is 23.4 Å². The van der Waals surface area contributed by atoms with E-state index in [0.29, 0.717) is 11.2 Å². The zero-order valence-corrected chi connectivity index (χ0v) is 19.2. The molecule has 1 aromatic rings. The van der Waals surface area contributed by atoms with Crippen LogP contribution >= 0.6 is 11.8 Å². The Morgan fingerprint density at radius 1 is 1.26 bits per heavy atom. The van der Waals surface area contributed by atoms with Crippen LogP contribution in [-0.4, -0.2) is 73.7 Å². The van der Waals surface area contributed by atoms with Crippen LogP contribution in [0.25, 0.3) is 0 Å². The first-order valence-corrected chi connectivity index (χ1v) is 11.4. The van der Waals surface area contributed by atoms with Crippen LogP contribution in [0.4, 0.5) is 5.69 Å². The number of benzene rings is 1. The molecule has 1 aromatic carbocycles. The normalized spacial score (nSPS) is 24.1. The summed E-state index contributed by atoms with van der Waals surface area (Å²) in [7, 11) is 0. The van der Waals surface area contributed by atoms with Crippen molar-refractivity contribution in [2.24, 2.45) is 17.6 Å². The summed E-state index contributed by atoms with van der Waals surface area (Å²) in [6, 6.07) is 3.92. The maximum atomic E-state index is 12.5. The van der Waals surface area contributed by atoms with Crippen molar-refractivity contribution in [2.75, 3.05) is 5.32 Å². The highest BCUT2D eigenvalue weighted by molar-refractivity contribution is 8.04. The SMILES string of the molecule is C[C@@H](O)[C@H]1C(=O)N2C(C(=O)O)=C(S[C@H](C=O)C[C@H](N)C(=O)Nc3cccc(C(=O)O)c3)[C@H](C)[C@H]12. The van der Waals surface area contributed by atoms with Gasteiger partial charge in [0.2, 0.25) is 11.8 Å². The number of aliphatic hydroxyl groups is 1. The molecule has 1 saturated heterocycles. The lowest BCUT2D eigenvalue weighted by atomic mass is 9.79. The van der Waals surface area contributed by atoms with Crippen molar-refractivity contribution in [3.63, 3.8) is 0 Å². The van der Waals surface area contributed by atoms with Gasteiger partial charge in [-0.2, -0.15) is 0 Å². The molecule has 12 heteroatoms. The summed E-state index contributed by atoms with van der Waals surface area (Å²) in [6.45, 7) is 3.19. The average molecular weight is 492 g/mol. The van der Waals surface area contributed by atoms with Crippen LogP contribution in [0, 0.1) is 11.8 Å². The van der Waals surface area contributed by atoms with E-state index in [0.717, 1.165) is 16.7 Å². The number of thioether (sulfide) groups is 1. The second kappa shape index (κ2) is 9.95. The fraction of sp³-hybridized carbons (Fsp3) is 0.409. The molecule has 2 amide bonds. The number of aliphatic hydroxyl groups excluding tert-OH is 1. The summed E-state index contributed by atoms with van der Waals surface area (Å²) >= 11 is 0.936. The number of nitrogens with zero attached hydrogens (tertiary/aromatic N) is 1. The number of carboxylic acids is 2. The Kier molecular flexibility index (Phi) is 7.44. The molecule has 6 atom stereocenters. The quantitative estimate of drug-likeness (QED) is 0.228. The lowest BCUT2D eigenvalue weighted by molar-refractivity contribution is -0.163. The van der Waals surface area contributed by atoms with Crippen molar-refractivity contribution in [2.45, 2.75) is 43.7 Å². The number of carboxylic acid groups (broad SMARTS) is 2. The van der Waals surface area contributed by atoms with Crippen molar-refractivity contribution >= 4 is 47.5 Å². The van der Waals surface area contributed by atoms with Crippen LogP contribution in [-0.2, 0) is 19.2 Å². The molecule has 0 aliphatic carbocycles. The summed E-state index contributed by atoms with van der Waals surface area (Å²) in [5, 5.41) is 30.3. The molecule has 3 rings (SSSR count). The lowest BCUT2D eigenvalue weighted by Crippen LogP contribution is -2.63. The molecule has 11 nitrogen and oxygen atoms in total. The molecular formula is C22H25N3O8S. The fourth-order valence-electron chi connectivity index (χ4n) is 4.30. The van der Waals surface area contributed by atoms with E-state index in [9.17, 15) is 34.2 Å². The van der Waals surface area contributed by atoms with Gasteiger partial charge in [-0.25, -0.2) is 9.59 Å². The Morgan fingerprint density at radius 2 is 1.94 bits per heavy atom. The monoisotopic (exact) mass is 491 g/mol. The lowest BCUT2D eigenvalue weighted by Gasteiger charge is -2.46. The van der Waals surface area contributed by atoms with Gasteiger partial charge in [-0.05, 0) is 31.5 Å².